The largest absolute Gasteiger partial charge is 0.372 e. The lowest BCUT2D eigenvalue weighted by Gasteiger charge is -2.38. The number of halogens is 1. The van der Waals surface area contributed by atoms with E-state index >= 15 is 0 Å². The molecular formula is C25H31ClN4O. The van der Waals surface area contributed by atoms with Gasteiger partial charge in [-0.1, -0.05) is 35.9 Å². The molecule has 1 heterocycles. The van der Waals surface area contributed by atoms with E-state index in [1.165, 1.54) is 24.1 Å². The van der Waals surface area contributed by atoms with Gasteiger partial charge in [0, 0.05) is 24.2 Å². The van der Waals surface area contributed by atoms with E-state index in [1.807, 2.05) is 12.1 Å². The number of fused-ring (bicyclic) bond motifs is 1. The first-order valence-electron chi connectivity index (χ1n) is 11.5. The number of rotatable bonds is 9. The summed E-state index contributed by atoms with van der Waals surface area (Å²) in [5.74, 6) is 0.281. The molecule has 6 heteroatoms. The van der Waals surface area contributed by atoms with Crippen LogP contribution in [0.2, 0.25) is 5.02 Å². The molecule has 0 radical (unpaired) electrons. The average Bonchev–Trinajstić information content (AvgIpc) is 3.71. The fourth-order valence-corrected chi connectivity index (χ4v) is 4.90. The predicted molar refractivity (Wildman–Crippen MR) is 127 cm³/mol. The Bertz CT molecular complexity index is 970. The SMILES string of the molecule is NCCCc1ccc(Cl)c(CNC2(C(=O)C3CN(C4CC4)c4ccccc4N3)CC2)c1. The summed E-state index contributed by atoms with van der Waals surface area (Å²) < 4.78 is 0. The van der Waals surface area contributed by atoms with E-state index in [2.05, 4.69) is 45.9 Å². The highest BCUT2D eigenvalue weighted by molar-refractivity contribution is 6.31. The van der Waals surface area contributed by atoms with E-state index in [0.717, 1.165) is 48.5 Å². The molecular weight excluding hydrogens is 408 g/mol. The van der Waals surface area contributed by atoms with Crippen molar-refractivity contribution in [1.82, 2.24) is 5.32 Å². The van der Waals surface area contributed by atoms with E-state index in [4.69, 9.17) is 17.3 Å². The predicted octanol–water partition coefficient (Wildman–Crippen LogP) is 3.89. The van der Waals surface area contributed by atoms with Crippen molar-refractivity contribution >= 4 is 28.8 Å². The van der Waals surface area contributed by atoms with Crippen LogP contribution in [-0.2, 0) is 17.8 Å². The molecule has 5 nitrogen and oxygen atoms in total. The van der Waals surface area contributed by atoms with Crippen molar-refractivity contribution in [2.24, 2.45) is 5.73 Å². The minimum Gasteiger partial charge on any atom is -0.372 e. The molecule has 3 aliphatic rings. The Morgan fingerprint density at radius 3 is 2.77 bits per heavy atom. The fraction of sp³-hybridized carbons (Fsp3) is 0.480. The van der Waals surface area contributed by atoms with Gasteiger partial charge in [0.05, 0.1) is 16.9 Å². The summed E-state index contributed by atoms with van der Waals surface area (Å²) in [7, 11) is 0. The maximum absolute atomic E-state index is 13.6. The number of para-hydroxylation sites is 2. The van der Waals surface area contributed by atoms with Crippen LogP contribution in [-0.4, -0.2) is 36.5 Å². The van der Waals surface area contributed by atoms with E-state index in [1.54, 1.807) is 0 Å². The number of carbonyl (C=O) groups excluding carboxylic acids is 1. The third-order valence-electron chi connectivity index (χ3n) is 6.85. The highest BCUT2D eigenvalue weighted by Gasteiger charge is 2.53. The summed E-state index contributed by atoms with van der Waals surface area (Å²) >= 11 is 6.46. The van der Waals surface area contributed by atoms with Gasteiger partial charge in [-0.25, -0.2) is 0 Å². The van der Waals surface area contributed by atoms with Crippen molar-refractivity contribution in [1.29, 1.82) is 0 Å². The van der Waals surface area contributed by atoms with Crippen LogP contribution in [0.15, 0.2) is 42.5 Å². The highest BCUT2D eigenvalue weighted by Crippen LogP contribution is 2.43. The first-order chi connectivity index (χ1) is 15.1. The topological polar surface area (TPSA) is 70.4 Å². The maximum atomic E-state index is 13.6. The summed E-state index contributed by atoms with van der Waals surface area (Å²) in [6.07, 6.45) is 6.13. The first-order valence-corrected chi connectivity index (χ1v) is 11.9. The van der Waals surface area contributed by atoms with Gasteiger partial charge in [-0.2, -0.15) is 0 Å². The summed E-state index contributed by atoms with van der Waals surface area (Å²) in [4.78, 5) is 16.0. The number of hydrogen-bond donors (Lipinski definition) is 3. The van der Waals surface area contributed by atoms with Gasteiger partial charge < -0.3 is 21.3 Å². The monoisotopic (exact) mass is 438 g/mol. The lowest BCUT2D eigenvalue weighted by molar-refractivity contribution is -0.122. The fourth-order valence-electron chi connectivity index (χ4n) is 4.71. The molecule has 2 aromatic rings. The van der Waals surface area contributed by atoms with Crippen LogP contribution in [0, 0.1) is 0 Å². The molecule has 0 spiro atoms. The van der Waals surface area contributed by atoms with Gasteiger partial charge >= 0.3 is 0 Å². The second kappa shape index (κ2) is 8.45. The van der Waals surface area contributed by atoms with Crippen LogP contribution in [0.1, 0.15) is 43.2 Å². The van der Waals surface area contributed by atoms with Gasteiger partial charge in [0.1, 0.15) is 6.04 Å². The van der Waals surface area contributed by atoms with Crippen LogP contribution >= 0.6 is 11.6 Å². The van der Waals surface area contributed by atoms with Crippen LogP contribution in [0.5, 0.6) is 0 Å². The van der Waals surface area contributed by atoms with Crippen molar-refractivity contribution in [3.05, 3.63) is 58.6 Å². The number of ketones is 1. The Balaban J connectivity index is 1.28. The zero-order valence-corrected chi connectivity index (χ0v) is 18.6. The lowest BCUT2D eigenvalue weighted by Crippen LogP contribution is -2.54. The number of nitrogens with zero attached hydrogens (tertiary/aromatic N) is 1. The Morgan fingerprint density at radius 2 is 2.03 bits per heavy atom. The molecule has 2 saturated carbocycles. The number of hydrogen-bond acceptors (Lipinski definition) is 5. The van der Waals surface area contributed by atoms with Crippen molar-refractivity contribution in [2.75, 3.05) is 23.3 Å². The van der Waals surface area contributed by atoms with Gasteiger partial charge in [-0.15, -0.1) is 0 Å². The van der Waals surface area contributed by atoms with Crippen LogP contribution in [0.3, 0.4) is 0 Å². The van der Waals surface area contributed by atoms with Crippen molar-refractivity contribution in [3.63, 3.8) is 0 Å². The molecule has 5 rings (SSSR count). The summed E-state index contributed by atoms with van der Waals surface area (Å²) in [6, 6.07) is 14.9. The molecule has 0 amide bonds. The van der Waals surface area contributed by atoms with Crippen molar-refractivity contribution < 1.29 is 4.79 Å². The molecule has 0 aromatic heterocycles. The third-order valence-corrected chi connectivity index (χ3v) is 7.21. The maximum Gasteiger partial charge on any atom is 0.176 e. The van der Waals surface area contributed by atoms with Gasteiger partial charge in [-0.05, 0) is 74.4 Å². The van der Waals surface area contributed by atoms with E-state index in [0.29, 0.717) is 19.1 Å². The highest BCUT2D eigenvalue weighted by atomic mass is 35.5. The smallest absolute Gasteiger partial charge is 0.176 e. The summed E-state index contributed by atoms with van der Waals surface area (Å²) in [5, 5.41) is 7.85. The van der Waals surface area contributed by atoms with Gasteiger partial charge in [0.2, 0.25) is 0 Å². The minimum absolute atomic E-state index is 0.183. The standard InChI is InChI=1S/C25H31ClN4O/c26-20-10-7-17(4-3-13-27)14-18(20)15-28-25(11-12-25)24(31)22-16-30(19-8-9-19)23-6-2-1-5-21(23)29-22/h1-2,5-7,10,14,19,22,28-29H,3-4,8-9,11-13,15-16,27H2. The van der Waals surface area contributed by atoms with E-state index in [-0.39, 0.29) is 11.8 Å². The van der Waals surface area contributed by atoms with Crippen LogP contribution < -0.4 is 21.3 Å². The van der Waals surface area contributed by atoms with Crippen LogP contribution in [0.25, 0.3) is 0 Å². The number of carbonyl (C=O) groups is 1. The molecule has 0 bridgehead atoms. The molecule has 164 valence electrons. The molecule has 0 saturated heterocycles. The molecule has 4 N–H and O–H groups in total. The Hall–Kier alpha value is -2.08. The van der Waals surface area contributed by atoms with E-state index in [9.17, 15) is 4.79 Å². The van der Waals surface area contributed by atoms with Crippen molar-refractivity contribution in [3.8, 4) is 0 Å². The van der Waals surface area contributed by atoms with E-state index < -0.39 is 5.54 Å². The molecule has 1 aliphatic heterocycles. The zero-order valence-electron chi connectivity index (χ0n) is 17.9. The lowest BCUT2D eigenvalue weighted by atomic mass is 9.98. The molecule has 31 heavy (non-hydrogen) atoms. The molecule has 2 aromatic carbocycles. The number of nitrogens with one attached hydrogen (secondary N) is 2. The third kappa shape index (κ3) is 4.32. The van der Waals surface area contributed by atoms with Crippen molar-refractivity contribution in [2.45, 2.75) is 62.7 Å². The number of aryl methyl sites for hydroxylation is 1. The minimum atomic E-state index is -0.435. The normalized spacial score (nSPS) is 21.4. The quantitative estimate of drug-likeness (QED) is 0.554. The molecule has 1 atom stereocenters. The van der Waals surface area contributed by atoms with Gasteiger partial charge in [0.25, 0.3) is 0 Å². The molecule has 2 aliphatic carbocycles. The average molecular weight is 439 g/mol. The number of nitrogens with two attached hydrogens (primary N) is 1. The molecule has 1 unspecified atom stereocenters. The summed E-state index contributed by atoms with van der Waals surface area (Å²) in [6.45, 7) is 2.04. The second-order valence-electron chi connectivity index (χ2n) is 9.22. The number of benzene rings is 2. The van der Waals surface area contributed by atoms with Gasteiger partial charge in [-0.3, -0.25) is 4.79 Å². The number of anilines is 2. The Kier molecular flexibility index (Phi) is 5.67. The zero-order chi connectivity index (χ0) is 21.4. The molecule has 2 fully saturated rings. The summed E-state index contributed by atoms with van der Waals surface area (Å²) in [5.41, 5.74) is 9.82. The first kappa shape index (κ1) is 20.8. The van der Waals surface area contributed by atoms with Crippen LogP contribution in [0.4, 0.5) is 11.4 Å². The Labute approximate surface area is 189 Å². The van der Waals surface area contributed by atoms with Gasteiger partial charge in [0.15, 0.2) is 5.78 Å². The number of Topliss-reactive ketones (excluding diaryl/α,β-unsaturated/α-hetero) is 1. The Morgan fingerprint density at radius 1 is 1.23 bits per heavy atom. The second-order valence-corrected chi connectivity index (χ2v) is 9.62.